The van der Waals surface area contributed by atoms with Gasteiger partial charge in [-0.3, -0.25) is 15.0 Å². The highest BCUT2D eigenvalue weighted by Crippen LogP contribution is 2.41. The number of rotatable bonds is 7. The van der Waals surface area contributed by atoms with E-state index in [0.717, 1.165) is 38.8 Å². The van der Waals surface area contributed by atoms with Crippen LogP contribution in [-0.4, -0.2) is 60.4 Å². The van der Waals surface area contributed by atoms with Gasteiger partial charge >= 0.3 is 5.97 Å². The zero-order valence-electron chi connectivity index (χ0n) is 12.9. The third-order valence-electron chi connectivity index (χ3n) is 4.47. The molecule has 0 spiro atoms. The molecule has 2 atom stereocenters. The third-order valence-corrected chi connectivity index (χ3v) is 4.47. The SMILES string of the molecule is COC1CCCN(CC(NC(C)C)(C(=O)O)C2CC2)C1. The second-order valence-corrected chi connectivity index (χ2v) is 6.58. The fourth-order valence-corrected chi connectivity index (χ4v) is 3.39. The zero-order chi connectivity index (χ0) is 14.8. The number of carboxylic acids is 1. The molecule has 0 radical (unpaired) electrons. The Morgan fingerprint density at radius 1 is 1.45 bits per heavy atom. The Morgan fingerprint density at radius 3 is 2.65 bits per heavy atom. The first-order chi connectivity index (χ1) is 9.48. The van der Waals surface area contributed by atoms with Gasteiger partial charge in [0.2, 0.25) is 0 Å². The van der Waals surface area contributed by atoms with Crippen molar-refractivity contribution in [2.45, 2.75) is 57.2 Å². The number of carbonyl (C=O) groups is 1. The first-order valence-corrected chi connectivity index (χ1v) is 7.74. The van der Waals surface area contributed by atoms with Crippen LogP contribution >= 0.6 is 0 Å². The molecule has 2 fully saturated rings. The number of likely N-dealkylation sites (tertiary alicyclic amines) is 1. The van der Waals surface area contributed by atoms with Gasteiger partial charge in [0.1, 0.15) is 5.54 Å². The summed E-state index contributed by atoms with van der Waals surface area (Å²) < 4.78 is 5.44. The highest BCUT2D eigenvalue weighted by Gasteiger charge is 2.52. The van der Waals surface area contributed by atoms with Gasteiger partial charge in [-0.25, -0.2) is 0 Å². The molecule has 2 aliphatic rings. The van der Waals surface area contributed by atoms with E-state index in [9.17, 15) is 9.90 Å². The number of methoxy groups -OCH3 is 1. The Balaban J connectivity index is 2.08. The molecule has 0 aromatic rings. The van der Waals surface area contributed by atoms with Gasteiger partial charge in [0, 0.05) is 26.2 Å². The van der Waals surface area contributed by atoms with Crippen LogP contribution in [0.2, 0.25) is 0 Å². The maximum atomic E-state index is 11.9. The summed E-state index contributed by atoms with van der Waals surface area (Å²) in [6, 6.07) is 0.176. The van der Waals surface area contributed by atoms with Crippen molar-refractivity contribution in [2.75, 3.05) is 26.7 Å². The van der Waals surface area contributed by atoms with Gasteiger partial charge in [-0.2, -0.15) is 0 Å². The van der Waals surface area contributed by atoms with E-state index in [-0.39, 0.29) is 18.1 Å². The monoisotopic (exact) mass is 284 g/mol. The van der Waals surface area contributed by atoms with Crippen molar-refractivity contribution in [1.82, 2.24) is 10.2 Å². The summed E-state index contributed by atoms with van der Waals surface area (Å²) in [5, 5.41) is 13.2. The Bertz CT molecular complexity index is 344. The largest absolute Gasteiger partial charge is 0.480 e. The quantitative estimate of drug-likeness (QED) is 0.738. The van der Waals surface area contributed by atoms with Crippen LogP contribution in [0.1, 0.15) is 39.5 Å². The fourth-order valence-electron chi connectivity index (χ4n) is 3.39. The van der Waals surface area contributed by atoms with Crippen molar-refractivity contribution in [3.05, 3.63) is 0 Å². The van der Waals surface area contributed by atoms with Crippen molar-refractivity contribution in [1.29, 1.82) is 0 Å². The third kappa shape index (κ3) is 3.51. The summed E-state index contributed by atoms with van der Waals surface area (Å²) in [5.41, 5.74) is -0.788. The molecule has 1 aliphatic heterocycles. The van der Waals surface area contributed by atoms with E-state index >= 15 is 0 Å². The molecule has 1 aliphatic carbocycles. The van der Waals surface area contributed by atoms with Crippen LogP contribution in [0.25, 0.3) is 0 Å². The molecule has 0 bridgehead atoms. The molecule has 2 N–H and O–H groups in total. The number of piperidine rings is 1. The fraction of sp³-hybridized carbons (Fsp3) is 0.933. The molecule has 0 aromatic heterocycles. The van der Waals surface area contributed by atoms with Crippen LogP contribution in [0.5, 0.6) is 0 Å². The topological polar surface area (TPSA) is 61.8 Å². The van der Waals surface area contributed by atoms with Gasteiger partial charge in [0.05, 0.1) is 6.10 Å². The maximum absolute atomic E-state index is 11.9. The first kappa shape index (κ1) is 15.7. The van der Waals surface area contributed by atoms with Gasteiger partial charge in [-0.15, -0.1) is 0 Å². The molecule has 20 heavy (non-hydrogen) atoms. The molecule has 1 saturated heterocycles. The molecule has 2 unspecified atom stereocenters. The Morgan fingerprint density at radius 2 is 2.15 bits per heavy atom. The molecular formula is C15H28N2O3. The van der Waals surface area contributed by atoms with Crippen molar-refractivity contribution in [3.63, 3.8) is 0 Å². The van der Waals surface area contributed by atoms with Crippen LogP contribution in [0, 0.1) is 5.92 Å². The maximum Gasteiger partial charge on any atom is 0.325 e. The predicted octanol–water partition coefficient (Wildman–Crippen LogP) is 1.33. The Labute approximate surface area is 121 Å². The lowest BCUT2D eigenvalue weighted by atomic mass is 9.90. The van der Waals surface area contributed by atoms with E-state index in [4.69, 9.17) is 4.74 Å². The van der Waals surface area contributed by atoms with Crippen LogP contribution in [-0.2, 0) is 9.53 Å². The second kappa shape index (κ2) is 6.41. The van der Waals surface area contributed by atoms with Gasteiger partial charge in [-0.05, 0) is 52.0 Å². The van der Waals surface area contributed by atoms with Gasteiger partial charge < -0.3 is 9.84 Å². The number of hydrogen-bond acceptors (Lipinski definition) is 4. The number of ether oxygens (including phenoxy) is 1. The van der Waals surface area contributed by atoms with E-state index in [1.165, 1.54) is 0 Å². The summed E-state index contributed by atoms with van der Waals surface area (Å²) >= 11 is 0. The van der Waals surface area contributed by atoms with Crippen molar-refractivity contribution >= 4 is 5.97 Å². The molecule has 116 valence electrons. The highest BCUT2D eigenvalue weighted by atomic mass is 16.5. The molecule has 1 saturated carbocycles. The van der Waals surface area contributed by atoms with Crippen molar-refractivity contribution in [3.8, 4) is 0 Å². The predicted molar refractivity (Wildman–Crippen MR) is 77.8 cm³/mol. The lowest BCUT2D eigenvalue weighted by Gasteiger charge is -2.40. The van der Waals surface area contributed by atoms with Crippen molar-refractivity contribution in [2.24, 2.45) is 5.92 Å². The molecule has 5 heteroatoms. The van der Waals surface area contributed by atoms with Crippen LogP contribution < -0.4 is 5.32 Å². The molecule has 5 nitrogen and oxygen atoms in total. The normalized spacial score (nSPS) is 27.5. The number of nitrogens with one attached hydrogen (secondary N) is 1. The minimum atomic E-state index is -0.788. The summed E-state index contributed by atoms with van der Waals surface area (Å²) in [6.45, 7) is 6.45. The summed E-state index contributed by atoms with van der Waals surface area (Å²) in [4.78, 5) is 14.2. The number of aliphatic carboxylic acids is 1. The molecular weight excluding hydrogens is 256 g/mol. The van der Waals surface area contributed by atoms with Crippen LogP contribution in [0.4, 0.5) is 0 Å². The Kier molecular flexibility index (Phi) is 5.04. The van der Waals surface area contributed by atoms with Gasteiger partial charge in [0.25, 0.3) is 0 Å². The van der Waals surface area contributed by atoms with E-state index < -0.39 is 11.5 Å². The van der Waals surface area contributed by atoms with Gasteiger partial charge in [0.15, 0.2) is 0 Å². The van der Waals surface area contributed by atoms with Gasteiger partial charge in [-0.1, -0.05) is 0 Å². The minimum Gasteiger partial charge on any atom is -0.480 e. The number of carboxylic acid groups (broad SMARTS) is 1. The van der Waals surface area contributed by atoms with Crippen molar-refractivity contribution < 1.29 is 14.6 Å². The molecule has 2 rings (SSSR count). The summed E-state index contributed by atoms with van der Waals surface area (Å²) in [5.74, 6) is -0.432. The average molecular weight is 284 g/mol. The minimum absolute atomic E-state index is 0.176. The number of hydrogen-bond donors (Lipinski definition) is 2. The van der Waals surface area contributed by atoms with E-state index in [1.807, 2.05) is 13.8 Å². The lowest BCUT2D eigenvalue weighted by Crippen LogP contribution is -2.63. The van der Waals surface area contributed by atoms with E-state index in [1.54, 1.807) is 7.11 Å². The summed E-state index contributed by atoms with van der Waals surface area (Å²) in [7, 11) is 1.74. The first-order valence-electron chi connectivity index (χ1n) is 7.74. The van der Waals surface area contributed by atoms with Crippen LogP contribution in [0.3, 0.4) is 0 Å². The average Bonchev–Trinajstić information content (AvgIpc) is 3.21. The van der Waals surface area contributed by atoms with E-state index in [2.05, 4.69) is 10.2 Å². The smallest absolute Gasteiger partial charge is 0.325 e. The number of nitrogens with zero attached hydrogens (tertiary/aromatic N) is 1. The zero-order valence-corrected chi connectivity index (χ0v) is 12.9. The lowest BCUT2D eigenvalue weighted by molar-refractivity contribution is -0.148. The molecule has 0 aromatic carbocycles. The Hall–Kier alpha value is -0.650. The molecule has 0 amide bonds. The summed E-state index contributed by atoms with van der Waals surface area (Å²) in [6.07, 6.45) is 4.45. The second-order valence-electron chi connectivity index (χ2n) is 6.58. The highest BCUT2D eigenvalue weighted by molar-refractivity contribution is 5.80. The van der Waals surface area contributed by atoms with E-state index in [0.29, 0.717) is 6.54 Å². The standard InChI is InChI=1S/C15H28N2O3/c1-11(2)16-15(14(18)19,12-6-7-12)10-17-8-4-5-13(9-17)20-3/h11-13,16H,4-10H2,1-3H3,(H,18,19). The molecule has 1 heterocycles. The van der Waals surface area contributed by atoms with Crippen LogP contribution in [0.15, 0.2) is 0 Å².